The fourth-order valence-electron chi connectivity index (χ4n) is 1.62. The van der Waals surface area contributed by atoms with E-state index in [9.17, 15) is 4.79 Å². The van der Waals surface area contributed by atoms with Crippen molar-refractivity contribution in [2.24, 2.45) is 0 Å². The van der Waals surface area contributed by atoms with Crippen LogP contribution in [-0.4, -0.2) is 13.0 Å². The summed E-state index contributed by atoms with van der Waals surface area (Å²) < 4.78 is 5.12. The zero-order valence-corrected chi connectivity index (χ0v) is 11.0. The van der Waals surface area contributed by atoms with Crippen molar-refractivity contribution in [3.63, 3.8) is 0 Å². The molecule has 94 valence electrons. The smallest absolute Gasteiger partial charge is 0.224 e. The molecule has 4 heteroatoms. The van der Waals surface area contributed by atoms with Gasteiger partial charge in [0, 0.05) is 6.54 Å². The summed E-state index contributed by atoms with van der Waals surface area (Å²) in [7, 11) is 1.62. The minimum atomic E-state index is 0.0226. The van der Waals surface area contributed by atoms with Crippen molar-refractivity contribution in [3.05, 3.63) is 52.2 Å². The Morgan fingerprint density at radius 1 is 1.33 bits per heavy atom. The van der Waals surface area contributed by atoms with E-state index < -0.39 is 0 Å². The minimum absolute atomic E-state index is 0.0226. The Balaban J connectivity index is 1.86. The van der Waals surface area contributed by atoms with Gasteiger partial charge in [-0.25, -0.2) is 0 Å². The summed E-state index contributed by atoms with van der Waals surface area (Å²) in [6.45, 7) is 0.590. The van der Waals surface area contributed by atoms with Crippen LogP contribution in [0.1, 0.15) is 11.1 Å². The fraction of sp³-hybridized carbons (Fsp3) is 0.214. The molecule has 0 radical (unpaired) electrons. The highest BCUT2D eigenvalue weighted by atomic mass is 32.1. The van der Waals surface area contributed by atoms with E-state index in [4.69, 9.17) is 4.74 Å². The Hall–Kier alpha value is -1.81. The molecule has 0 fully saturated rings. The average molecular weight is 261 g/mol. The van der Waals surface area contributed by atoms with Crippen LogP contribution in [0.15, 0.2) is 41.1 Å². The van der Waals surface area contributed by atoms with Crippen molar-refractivity contribution in [3.8, 4) is 5.75 Å². The predicted octanol–water partition coefficient (Wildman–Crippen LogP) is 2.62. The van der Waals surface area contributed by atoms with Gasteiger partial charge < -0.3 is 10.1 Å². The Morgan fingerprint density at radius 2 is 2.22 bits per heavy atom. The molecule has 0 spiro atoms. The lowest BCUT2D eigenvalue weighted by Gasteiger charge is -2.05. The Morgan fingerprint density at radius 3 is 2.94 bits per heavy atom. The summed E-state index contributed by atoms with van der Waals surface area (Å²) in [5, 5.41) is 6.94. The molecule has 0 saturated carbocycles. The standard InChI is InChI=1S/C14H15NO2S/c1-17-13-4-2-3-11(7-13)8-14(16)15-9-12-5-6-18-10-12/h2-7,10H,8-9H2,1H3,(H,15,16). The van der Waals surface area contributed by atoms with Crippen LogP contribution in [0, 0.1) is 0 Å². The number of hydrogen-bond acceptors (Lipinski definition) is 3. The summed E-state index contributed by atoms with van der Waals surface area (Å²) in [6, 6.07) is 9.57. The quantitative estimate of drug-likeness (QED) is 0.898. The normalized spacial score (nSPS) is 10.1. The molecule has 2 rings (SSSR count). The van der Waals surface area contributed by atoms with Gasteiger partial charge in [0.15, 0.2) is 0 Å². The van der Waals surface area contributed by atoms with Crippen LogP contribution in [0.2, 0.25) is 0 Å². The molecular formula is C14H15NO2S. The first kappa shape index (κ1) is 12.6. The number of carbonyl (C=O) groups excluding carboxylic acids is 1. The molecule has 1 aromatic heterocycles. The summed E-state index contributed by atoms with van der Waals surface area (Å²) in [5.41, 5.74) is 2.09. The van der Waals surface area contributed by atoms with E-state index >= 15 is 0 Å². The molecule has 0 aliphatic rings. The van der Waals surface area contributed by atoms with Crippen molar-refractivity contribution in [1.82, 2.24) is 5.32 Å². The number of nitrogens with one attached hydrogen (secondary N) is 1. The Labute approximate surface area is 110 Å². The van der Waals surface area contributed by atoms with Gasteiger partial charge in [0.25, 0.3) is 0 Å². The number of rotatable bonds is 5. The van der Waals surface area contributed by atoms with Crippen molar-refractivity contribution < 1.29 is 9.53 Å². The van der Waals surface area contributed by atoms with Crippen molar-refractivity contribution >= 4 is 17.2 Å². The van der Waals surface area contributed by atoms with Crippen molar-refractivity contribution in [2.75, 3.05) is 7.11 Å². The van der Waals surface area contributed by atoms with Gasteiger partial charge >= 0.3 is 0 Å². The summed E-state index contributed by atoms with van der Waals surface area (Å²) in [6.07, 6.45) is 0.376. The van der Waals surface area contributed by atoms with Crippen LogP contribution in [0.4, 0.5) is 0 Å². The van der Waals surface area contributed by atoms with Gasteiger partial charge in [-0.1, -0.05) is 12.1 Å². The van der Waals surface area contributed by atoms with Gasteiger partial charge in [-0.05, 0) is 40.1 Å². The zero-order valence-electron chi connectivity index (χ0n) is 10.2. The second-order valence-corrected chi connectivity index (χ2v) is 4.72. The highest BCUT2D eigenvalue weighted by Gasteiger charge is 2.04. The third-order valence-electron chi connectivity index (χ3n) is 2.57. The van der Waals surface area contributed by atoms with Gasteiger partial charge in [0.05, 0.1) is 13.5 Å². The molecule has 0 saturated heterocycles. The number of amides is 1. The second-order valence-electron chi connectivity index (χ2n) is 3.94. The van der Waals surface area contributed by atoms with E-state index in [1.807, 2.05) is 41.1 Å². The minimum Gasteiger partial charge on any atom is -0.497 e. The predicted molar refractivity (Wildman–Crippen MR) is 72.9 cm³/mol. The lowest BCUT2D eigenvalue weighted by atomic mass is 10.1. The van der Waals surface area contributed by atoms with Gasteiger partial charge in [-0.2, -0.15) is 11.3 Å². The van der Waals surface area contributed by atoms with E-state index in [2.05, 4.69) is 5.32 Å². The van der Waals surface area contributed by atoms with Gasteiger partial charge in [-0.3, -0.25) is 4.79 Å². The van der Waals surface area contributed by atoms with Gasteiger partial charge in [0.2, 0.25) is 5.91 Å². The number of hydrogen-bond donors (Lipinski definition) is 1. The molecule has 0 atom stereocenters. The lowest BCUT2D eigenvalue weighted by molar-refractivity contribution is -0.120. The number of carbonyl (C=O) groups is 1. The molecule has 1 amide bonds. The van der Waals surface area contributed by atoms with Gasteiger partial charge in [0.1, 0.15) is 5.75 Å². The summed E-state index contributed by atoms with van der Waals surface area (Å²) in [5.74, 6) is 0.799. The summed E-state index contributed by atoms with van der Waals surface area (Å²) in [4.78, 5) is 11.8. The molecule has 1 N–H and O–H groups in total. The van der Waals surface area contributed by atoms with Crippen molar-refractivity contribution in [2.45, 2.75) is 13.0 Å². The van der Waals surface area contributed by atoms with Crippen LogP contribution in [0.5, 0.6) is 5.75 Å². The third kappa shape index (κ3) is 3.60. The van der Waals surface area contributed by atoms with E-state index in [1.165, 1.54) is 0 Å². The average Bonchev–Trinajstić information content (AvgIpc) is 2.90. The highest BCUT2D eigenvalue weighted by Crippen LogP contribution is 2.13. The SMILES string of the molecule is COc1cccc(CC(=O)NCc2ccsc2)c1. The highest BCUT2D eigenvalue weighted by molar-refractivity contribution is 7.07. The molecular weight excluding hydrogens is 246 g/mol. The first-order chi connectivity index (χ1) is 8.78. The molecule has 18 heavy (non-hydrogen) atoms. The molecule has 0 aliphatic carbocycles. The first-order valence-electron chi connectivity index (χ1n) is 5.68. The van der Waals surface area contributed by atoms with E-state index in [0.717, 1.165) is 16.9 Å². The molecule has 0 bridgehead atoms. The molecule has 1 aromatic carbocycles. The maximum Gasteiger partial charge on any atom is 0.224 e. The summed E-state index contributed by atoms with van der Waals surface area (Å²) >= 11 is 1.63. The van der Waals surface area contributed by atoms with Crippen LogP contribution >= 0.6 is 11.3 Å². The van der Waals surface area contributed by atoms with Crippen LogP contribution < -0.4 is 10.1 Å². The monoisotopic (exact) mass is 261 g/mol. The maximum atomic E-state index is 11.8. The number of thiophene rings is 1. The molecule has 3 nitrogen and oxygen atoms in total. The molecule has 2 aromatic rings. The van der Waals surface area contributed by atoms with Crippen LogP contribution in [0.3, 0.4) is 0 Å². The first-order valence-corrected chi connectivity index (χ1v) is 6.63. The third-order valence-corrected chi connectivity index (χ3v) is 3.30. The topological polar surface area (TPSA) is 38.3 Å². The maximum absolute atomic E-state index is 11.8. The largest absolute Gasteiger partial charge is 0.497 e. The molecule has 0 aliphatic heterocycles. The number of methoxy groups -OCH3 is 1. The Kier molecular flexibility index (Phi) is 4.36. The fourth-order valence-corrected chi connectivity index (χ4v) is 2.29. The number of benzene rings is 1. The number of ether oxygens (including phenoxy) is 1. The molecule has 1 heterocycles. The Bertz CT molecular complexity index is 508. The second kappa shape index (κ2) is 6.21. The molecule has 0 unspecified atom stereocenters. The van der Waals surface area contributed by atoms with Crippen LogP contribution in [-0.2, 0) is 17.8 Å². The van der Waals surface area contributed by atoms with Gasteiger partial charge in [-0.15, -0.1) is 0 Å². The van der Waals surface area contributed by atoms with Crippen molar-refractivity contribution in [1.29, 1.82) is 0 Å². The lowest BCUT2D eigenvalue weighted by Crippen LogP contribution is -2.24. The van der Waals surface area contributed by atoms with E-state index in [0.29, 0.717) is 13.0 Å². The van der Waals surface area contributed by atoms with E-state index in [-0.39, 0.29) is 5.91 Å². The van der Waals surface area contributed by atoms with Crippen LogP contribution in [0.25, 0.3) is 0 Å². The van der Waals surface area contributed by atoms with E-state index in [1.54, 1.807) is 18.4 Å². The zero-order chi connectivity index (χ0) is 12.8.